The number of nitrogen functional groups attached to an aromatic ring is 1. The molecule has 2 aliphatic carbocycles. The van der Waals surface area contributed by atoms with Crippen LogP contribution in [0.1, 0.15) is 37.7 Å². The standard InChI is InChI=1S/C25H29N5OS/c26-24-28-16-22(29-24)19-8-6-17(7-9-19)15-27-23(31)10-18-11-25(12-18)13-20(14-25)30-32-21-4-2-1-3-5-21/h1-9,16,18,20,30H,10-15H2,(H,27,31)(H3,26,28,29). The minimum atomic E-state index is 0.156. The van der Waals surface area contributed by atoms with Crippen molar-refractivity contribution in [1.29, 1.82) is 0 Å². The Hall–Kier alpha value is -2.77. The Balaban J connectivity index is 0.991. The van der Waals surface area contributed by atoms with Gasteiger partial charge in [-0.2, -0.15) is 0 Å². The lowest BCUT2D eigenvalue weighted by Gasteiger charge is -2.58. The molecule has 0 bridgehead atoms. The Kier molecular flexibility index (Phi) is 5.93. The van der Waals surface area contributed by atoms with Gasteiger partial charge in [0.2, 0.25) is 5.91 Å². The predicted molar refractivity (Wildman–Crippen MR) is 129 cm³/mol. The molecule has 5 N–H and O–H groups in total. The van der Waals surface area contributed by atoms with Gasteiger partial charge in [0.05, 0.1) is 11.9 Å². The third-order valence-electron chi connectivity index (χ3n) is 6.71. The number of carbonyl (C=O) groups excluding carboxylic acids is 1. The average molecular weight is 448 g/mol. The maximum absolute atomic E-state index is 12.4. The van der Waals surface area contributed by atoms with E-state index in [1.54, 1.807) is 18.1 Å². The van der Waals surface area contributed by atoms with Crippen LogP contribution in [0.5, 0.6) is 0 Å². The van der Waals surface area contributed by atoms with Crippen LogP contribution in [0, 0.1) is 11.3 Å². The Morgan fingerprint density at radius 2 is 1.84 bits per heavy atom. The van der Waals surface area contributed by atoms with E-state index in [0.29, 0.717) is 36.3 Å². The molecule has 2 aliphatic rings. The highest BCUT2D eigenvalue weighted by Gasteiger charge is 2.52. The Labute approximate surface area is 192 Å². The van der Waals surface area contributed by atoms with Crippen molar-refractivity contribution in [3.05, 3.63) is 66.4 Å². The van der Waals surface area contributed by atoms with Gasteiger partial charge in [0, 0.05) is 23.9 Å². The molecule has 0 atom stereocenters. The van der Waals surface area contributed by atoms with E-state index in [-0.39, 0.29) is 5.91 Å². The van der Waals surface area contributed by atoms with Gasteiger partial charge in [-0.25, -0.2) is 4.98 Å². The first-order valence-corrected chi connectivity index (χ1v) is 12.0. The fourth-order valence-electron chi connectivity index (χ4n) is 5.17. The number of aromatic nitrogens is 2. The summed E-state index contributed by atoms with van der Waals surface area (Å²) < 4.78 is 3.59. The molecular formula is C25H29N5OS. The van der Waals surface area contributed by atoms with Crippen LogP contribution in [0.2, 0.25) is 0 Å². The van der Waals surface area contributed by atoms with E-state index < -0.39 is 0 Å². The molecule has 2 aromatic carbocycles. The molecule has 1 amide bonds. The molecule has 2 saturated carbocycles. The van der Waals surface area contributed by atoms with Gasteiger partial charge in [-0.3, -0.25) is 9.52 Å². The summed E-state index contributed by atoms with van der Waals surface area (Å²) in [5.41, 5.74) is 9.13. The van der Waals surface area contributed by atoms with Crippen LogP contribution in [0.3, 0.4) is 0 Å². The largest absolute Gasteiger partial charge is 0.369 e. The lowest BCUT2D eigenvalue weighted by molar-refractivity contribution is -0.126. The highest BCUT2D eigenvalue weighted by atomic mass is 32.2. The summed E-state index contributed by atoms with van der Waals surface area (Å²) in [5.74, 6) is 1.10. The Bertz CT molecular complexity index is 1050. The lowest BCUT2D eigenvalue weighted by Crippen LogP contribution is -2.54. The van der Waals surface area contributed by atoms with Crippen molar-refractivity contribution in [2.24, 2.45) is 11.3 Å². The number of anilines is 1. The molecule has 166 valence electrons. The average Bonchev–Trinajstić information content (AvgIpc) is 3.19. The fourth-order valence-corrected chi connectivity index (χ4v) is 5.93. The molecule has 0 saturated heterocycles. The number of H-pyrrole nitrogens is 1. The van der Waals surface area contributed by atoms with Crippen molar-refractivity contribution >= 4 is 23.8 Å². The minimum Gasteiger partial charge on any atom is -0.369 e. The van der Waals surface area contributed by atoms with E-state index in [4.69, 9.17) is 5.73 Å². The van der Waals surface area contributed by atoms with Crippen LogP contribution >= 0.6 is 11.9 Å². The number of carbonyl (C=O) groups is 1. The molecule has 0 aliphatic heterocycles. The van der Waals surface area contributed by atoms with E-state index in [1.807, 2.05) is 30.3 Å². The zero-order chi connectivity index (χ0) is 22.0. The summed E-state index contributed by atoms with van der Waals surface area (Å²) >= 11 is 1.73. The van der Waals surface area contributed by atoms with Gasteiger partial charge in [0.25, 0.3) is 0 Å². The minimum absolute atomic E-state index is 0.156. The van der Waals surface area contributed by atoms with Crippen LogP contribution in [-0.4, -0.2) is 21.9 Å². The summed E-state index contributed by atoms with van der Waals surface area (Å²) in [7, 11) is 0. The van der Waals surface area contributed by atoms with Gasteiger partial charge in [-0.05, 0) is 72.2 Å². The van der Waals surface area contributed by atoms with E-state index >= 15 is 0 Å². The highest BCUT2D eigenvalue weighted by molar-refractivity contribution is 7.97. The van der Waals surface area contributed by atoms with Crippen molar-refractivity contribution in [3.8, 4) is 11.3 Å². The summed E-state index contributed by atoms with van der Waals surface area (Å²) in [6, 6.07) is 19.1. The predicted octanol–water partition coefficient (Wildman–Crippen LogP) is 4.52. The molecule has 1 spiro atoms. The van der Waals surface area contributed by atoms with Crippen LogP contribution in [0.15, 0.2) is 65.7 Å². The molecule has 0 radical (unpaired) electrons. The molecule has 6 nitrogen and oxygen atoms in total. The molecule has 32 heavy (non-hydrogen) atoms. The number of hydrogen-bond acceptors (Lipinski definition) is 5. The van der Waals surface area contributed by atoms with Crippen LogP contribution < -0.4 is 15.8 Å². The topological polar surface area (TPSA) is 95.8 Å². The molecule has 7 heteroatoms. The van der Waals surface area contributed by atoms with Crippen molar-refractivity contribution in [2.45, 2.75) is 49.6 Å². The second kappa shape index (κ2) is 9.00. The maximum atomic E-state index is 12.4. The number of rotatable bonds is 8. The zero-order valence-corrected chi connectivity index (χ0v) is 18.8. The van der Waals surface area contributed by atoms with Gasteiger partial charge in [-0.15, -0.1) is 0 Å². The van der Waals surface area contributed by atoms with Crippen molar-refractivity contribution in [1.82, 2.24) is 20.0 Å². The number of hydrogen-bond donors (Lipinski definition) is 4. The third-order valence-corrected chi connectivity index (χ3v) is 7.67. The molecular weight excluding hydrogens is 418 g/mol. The first-order chi connectivity index (χ1) is 15.6. The zero-order valence-electron chi connectivity index (χ0n) is 18.0. The summed E-state index contributed by atoms with van der Waals surface area (Å²) in [5, 5.41) is 3.08. The first-order valence-electron chi connectivity index (χ1n) is 11.2. The Morgan fingerprint density at radius 1 is 1.09 bits per heavy atom. The molecule has 2 fully saturated rings. The van der Waals surface area contributed by atoms with Gasteiger partial charge in [0.15, 0.2) is 5.95 Å². The summed E-state index contributed by atoms with van der Waals surface area (Å²) in [4.78, 5) is 20.7. The normalized spacial score (nSPS) is 24.0. The van der Waals surface area contributed by atoms with Gasteiger partial charge in [-0.1, -0.05) is 42.5 Å². The van der Waals surface area contributed by atoms with E-state index in [2.05, 4.69) is 44.3 Å². The molecule has 1 heterocycles. The van der Waals surface area contributed by atoms with Gasteiger partial charge < -0.3 is 16.0 Å². The van der Waals surface area contributed by atoms with Gasteiger partial charge >= 0.3 is 0 Å². The van der Waals surface area contributed by atoms with Crippen LogP contribution in [0.25, 0.3) is 11.3 Å². The number of amides is 1. The van der Waals surface area contributed by atoms with Crippen molar-refractivity contribution in [3.63, 3.8) is 0 Å². The van der Waals surface area contributed by atoms with Crippen molar-refractivity contribution in [2.75, 3.05) is 5.73 Å². The first kappa shape index (κ1) is 21.1. The third kappa shape index (κ3) is 4.84. The van der Waals surface area contributed by atoms with E-state index in [9.17, 15) is 4.79 Å². The van der Waals surface area contributed by atoms with Crippen molar-refractivity contribution < 1.29 is 4.79 Å². The smallest absolute Gasteiger partial charge is 0.220 e. The molecule has 1 aromatic heterocycles. The molecule has 3 aromatic rings. The second-order valence-corrected chi connectivity index (χ2v) is 10.2. The van der Waals surface area contributed by atoms with Crippen LogP contribution in [0.4, 0.5) is 5.95 Å². The van der Waals surface area contributed by atoms with E-state index in [0.717, 1.165) is 16.8 Å². The quantitative estimate of drug-likeness (QED) is 0.381. The SMILES string of the molecule is Nc1ncc(-c2ccc(CNC(=O)CC3CC4(C3)CC(NSc3ccccc3)C4)cc2)[nH]1. The van der Waals surface area contributed by atoms with E-state index in [1.165, 1.54) is 30.6 Å². The number of aromatic amines is 1. The number of nitrogens with two attached hydrogens (primary N) is 1. The maximum Gasteiger partial charge on any atom is 0.220 e. The number of imidazole rings is 1. The van der Waals surface area contributed by atoms with Gasteiger partial charge in [0.1, 0.15) is 0 Å². The number of nitrogens with one attached hydrogen (secondary N) is 3. The Morgan fingerprint density at radius 3 is 2.53 bits per heavy atom. The highest BCUT2D eigenvalue weighted by Crippen LogP contribution is 2.59. The molecule has 0 unspecified atom stereocenters. The number of benzene rings is 2. The van der Waals surface area contributed by atoms with Crippen LogP contribution in [-0.2, 0) is 11.3 Å². The monoisotopic (exact) mass is 447 g/mol. The second-order valence-electron chi connectivity index (χ2n) is 9.27. The summed E-state index contributed by atoms with van der Waals surface area (Å²) in [6.45, 7) is 0.560. The summed E-state index contributed by atoms with van der Waals surface area (Å²) in [6.07, 6.45) is 7.22. The fraction of sp³-hybridized carbons (Fsp3) is 0.360. The molecule has 5 rings (SSSR count). The number of nitrogens with zero attached hydrogens (tertiary/aromatic N) is 1. The lowest BCUT2D eigenvalue weighted by atomic mass is 9.49.